The number of amides is 1. The summed E-state index contributed by atoms with van der Waals surface area (Å²) in [5, 5.41) is 3.03. The number of hydrogen-bond donors (Lipinski definition) is 1. The van der Waals surface area contributed by atoms with Gasteiger partial charge in [0.05, 0.1) is 18.4 Å². The molecule has 0 aliphatic heterocycles. The Morgan fingerprint density at radius 2 is 1.79 bits per heavy atom. The van der Waals surface area contributed by atoms with Crippen LogP contribution in [0.1, 0.15) is 27.7 Å². The summed E-state index contributed by atoms with van der Waals surface area (Å²) in [6.45, 7) is 5.79. The summed E-state index contributed by atoms with van der Waals surface area (Å²) in [4.78, 5) is 31.0. The van der Waals surface area contributed by atoms with Gasteiger partial charge in [0.2, 0.25) is 0 Å². The van der Waals surface area contributed by atoms with Gasteiger partial charge in [0.25, 0.3) is 5.91 Å². The van der Waals surface area contributed by atoms with E-state index in [1.165, 1.54) is 35.8 Å². The minimum Gasteiger partial charge on any atom is -0.468 e. The van der Waals surface area contributed by atoms with Crippen molar-refractivity contribution in [2.24, 2.45) is 0 Å². The van der Waals surface area contributed by atoms with E-state index in [9.17, 15) is 9.59 Å². The number of thiazole rings is 1. The maximum atomic E-state index is 12.9. The highest BCUT2D eigenvalue weighted by atomic mass is 32.2. The first-order valence-electron chi connectivity index (χ1n) is 9.08. The molecule has 0 spiro atoms. The van der Waals surface area contributed by atoms with E-state index in [1.807, 2.05) is 50.2 Å². The Hall–Kier alpha value is -2.64. The molecule has 150 valence electrons. The number of benzene rings is 2. The van der Waals surface area contributed by atoms with Gasteiger partial charge in [-0.1, -0.05) is 42.0 Å². The third-order valence-corrected chi connectivity index (χ3v) is 6.35. The number of aryl methyl sites for hydroxylation is 2. The molecule has 1 aromatic heterocycles. The lowest BCUT2D eigenvalue weighted by Crippen LogP contribution is -2.17. The number of aromatic nitrogens is 1. The Balaban J connectivity index is 1.80. The van der Waals surface area contributed by atoms with Crippen LogP contribution in [0.2, 0.25) is 0 Å². The van der Waals surface area contributed by atoms with Crippen LogP contribution in [0.3, 0.4) is 0 Å². The van der Waals surface area contributed by atoms with Crippen molar-refractivity contribution in [1.82, 2.24) is 4.98 Å². The summed E-state index contributed by atoms with van der Waals surface area (Å²) in [5.41, 5.74) is 3.57. The lowest BCUT2D eigenvalue weighted by atomic mass is 10.1. The highest BCUT2D eigenvalue weighted by molar-refractivity contribution is 8.00. The van der Waals surface area contributed by atoms with Crippen LogP contribution < -0.4 is 5.32 Å². The Bertz CT molecular complexity index is 1030. The molecule has 29 heavy (non-hydrogen) atoms. The monoisotopic (exact) mass is 426 g/mol. The van der Waals surface area contributed by atoms with E-state index in [0.717, 1.165) is 21.0 Å². The minimum absolute atomic E-state index is 0.255. The van der Waals surface area contributed by atoms with Crippen LogP contribution in [0.4, 0.5) is 5.13 Å². The number of anilines is 1. The van der Waals surface area contributed by atoms with E-state index in [0.29, 0.717) is 10.7 Å². The molecule has 1 atom stereocenters. The normalized spacial score (nSPS) is 11.7. The van der Waals surface area contributed by atoms with Gasteiger partial charge in [-0.2, -0.15) is 0 Å². The van der Waals surface area contributed by atoms with Crippen molar-refractivity contribution in [3.8, 4) is 11.3 Å². The SMILES string of the molecule is COC(=O)C(C)Sc1ccccc1C(=O)Nc1nc(-c2ccc(C)cc2)c(C)s1. The molecule has 1 amide bonds. The van der Waals surface area contributed by atoms with Gasteiger partial charge in [0, 0.05) is 15.3 Å². The van der Waals surface area contributed by atoms with E-state index < -0.39 is 5.25 Å². The number of rotatable bonds is 6. The molecule has 0 saturated heterocycles. The second-order valence-corrected chi connectivity index (χ2v) is 9.11. The summed E-state index contributed by atoms with van der Waals surface area (Å²) in [5.74, 6) is -0.585. The average molecular weight is 427 g/mol. The number of nitrogens with zero attached hydrogens (tertiary/aromatic N) is 1. The molecule has 5 nitrogen and oxygen atoms in total. The first-order chi connectivity index (χ1) is 13.9. The van der Waals surface area contributed by atoms with Crippen molar-refractivity contribution >= 4 is 40.1 Å². The maximum Gasteiger partial charge on any atom is 0.318 e. The summed E-state index contributed by atoms with van der Waals surface area (Å²) in [6, 6.07) is 15.3. The molecule has 3 rings (SSSR count). The smallest absolute Gasteiger partial charge is 0.318 e. The highest BCUT2D eigenvalue weighted by Gasteiger charge is 2.20. The predicted molar refractivity (Wildman–Crippen MR) is 119 cm³/mol. The van der Waals surface area contributed by atoms with Crippen LogP contribution in [-0.4, -0.2) is 29.2 Å². The summed E-state index contributed by atoms with van der Waals surface area (Å²) >= 11 is 2.74. The van der Waals surface area contributed by atoms with E-state index in [2.05, 4.69) is 10.3 Å². The predicted octanol–water partition coefficient (Wildman–Crippen LogP) is 5.33. The fourth-order valence-corrected chi connectivity index (χ4v) is 4.60. The number of nitrogens with one attached hydrogen (secondary N) is 1. The second kappa shape index (κ2) is 9.24. The molecule has 7 heteroatoms. The number of thioether (sulfide) groups is 1. The lowest BCUT2D eigenvalue weighted by Gasteiger charge is -2.12. The number of ether oxygens (including phenoxy) is 1. The first-order valence-corrected chi connectivity index (χ1v) is 10.8. The van der Waals surface area contributed by atoms with Crippen molar-refractivity contribution in [3.63, 3.8) is 0 Å². The molecule has 2 aromatic carbocycles. The number of methoxy groups -OCH3 is 1. The van der Waals surface area contributed by atoms with Gasteiger partial charge < -0.3 is 4.74 Å². The van der Waals surface area contributed by atoms with Crippen LogP contribution in [0.15, 0.2) is 53.4 Å². The summed E-state index contributed by atoms with van der Waals surface area (Å²) < 4.78 is 4.78. The van der Waals surface area contributed by atoms with Crippen LogP contribution >= 0.6 is 23.1 Å². The van der Waals surface area contributed by atoms with Crippen molar-refractivity contribution < 1.29 is 14.3 Å². The fourth-order valence-electron chi connectivity index (χ4n) is 2.76. The molecule has 0 bridgehead atoms. The Kier molecular flexibility index (Phi) is 6.71. The third kappa shape index (κ3) is 5.05. The van der Waals surface area contributed by atoms with Crippen LogP contribution in [0.5, 0.6) is 0 Å². The Labute approximate surface area is 178 Å². The van der Waals surface area contributed by atoms with Crippen molar-refractivity contribution in [3.05, 3.63) is 64.5 Å². The Morgan fingerprint density at radius 1 is 1.10 bits per heavy atom. The zero-order valence-electron chi connectivity index (χ0n) is 16.7. The van der Waals surface area contributed by atoms with Gasteiger partial charge in [-0.3, -0.25) is 14.9 Å². The van der Waals surface area contributed by atoms with Gasteiger partial charge in [-0.15, -0.1) is 23.1 Å². The van der Waals surface area contributed by atoms with Crippen molar-refractivity contribution in [2.75, 3.05) is 12.4 Å². The van der Waals surface area contributed by atoms with E-state index in [-0.39, 0.29) is 11.9 Å². The molecule has 1 N–H and O–H groups in total. The zero-order chi connectivity index (χ0) is 21.0. The quantitative estimate of drug-likeness (QED) is 0.426. The van der Waals surface area contributed by atoms with Gasteiger partial charge in [-0.25, -0.2) is 4.98 Å². The minimum atomic E-state index is -0.413. The van der Waals surface area contributed by atoms with Crippen LogP contribution in [0.25, 0.3) is 11.3 Å². The number of esters is 1. The molecule has 3 aromatic rings. The number of carbonyl (C=O) groups excluding carboxylic acids is 2. The largest absolute Gasteiger partial charge is 0.468 e. The number of hydrogen-bond acceptors (Lipinski definition) is 6. The van der Waals surface area contributed by atoms with Crippen LogP contribution in [0, 0.1) is 13.8 Å². The van der Waals surface area contributed by atoms with Gasteiger partial charge in [0.1, 0.15) is 5.25 Å². The third-order valence-electron chi connectivity index (χ3n) is 4.31. The topological polar surface area (TPSA) is 68.3 Å². The lowest BCUT2D eigenvalue weighted by molar-refractivity contribution is -0.139. The van der Waals surface area contributed by atoms with E-state index >= 15 is 0 Å². The number of carbonyl (C=O) groups is 2. The maximum absolute atomic E-state index is 12.9. The van der Waals surface area contributed by atoms with Gasteiger partial charge in [-0.05, 0) is 32.9 Å². The Morgan fingerprint density at radius 3 is 2.48 bits per heavy atom. The molecule has 1 heterocycles. The van der Waals surface area contributed by atoms with Crippen LogP contribution in [-0.2, 0) is 9.53 Å². The van der Waals surface area contributed by atoms with Crippen molar-refractivity contribution in [2.45, 2.75) is 30.9 Å². The standard InChI is InChI=1S/C22H22N2O3S2/c1-13-9-11-16(12-10-13)19-14(2)29-22(23-19)24-20(25)17-7-5-6-8-18(17)28-15(3)21(26)27-4/h5-12,15H,1-4H3,(H,23,24,25). The summed E-state index contributed by atoms with van der Waals surface area (Å²) in [6.07, 6.45) is 0. The molecular formula is C22H22N2O3S2. The van der Waals surface area contributed by atoms with E-state index in [1.54, 1.807) is 19.1 Å². The second-order valence-electron chi connectivity index (χ2n) is 6.52. The average Bonchev–Trinajstić information content (AvgIpc) is 3.08. The van der Waals surface area contributed by atoms with Gasteiger partial charge >= 0.3 is 5.97 Å². The fraction of sp³-hybridized carbons (Fsp3) is 0.227. The van der Waals surface area contributed by atoms with Crippen molar-refractivity contribution in [1.29, 1.82) is 0 Å². The highest BCUT2D eigenvalue weighted by Crippen LogP contribution is 2.32. The molecule has 0 aliphatic rings. The first kappa shape index (κ1) is 21.1. The molecule has 0 radical (unpaired) electrons. The molecular weight excluding hydrogens is 404 g/mol. The molecule has 0 fully saturated rings. The van der Waals surface area contributed by atoms with E-state index in [4.69, 9.17) is 4.74 Å². The molecule has 0 saturated carbocycles. The molecule has 1 unspecified atom stereocenters. The summed E-state index contributed by atoms with van der Waals surface area (Å²) in [7, 11) is 1.36. The molecule has 0 aliphatic carbocycles. The zero-order valence-corrected chi connectivity index (χ0v) is 18.3. The van der Waals surface area contributed by atoms with Gasteiger partial charge in [0.15, 0.2) is 5.13 Å².